The Morgan fingerprint density at radius 3 is 2.84 bits per heavy atom. The summed E-state index contributed by atoms with van der Waals surface area (Å²) in [6, 6.07) is 8.14. The Kier molecular flexibility index (Phi) is 5.42. The van der Waals surface area contributed by atoms with Crippen LogP contribution in [0.2, 0.25) is 0 Å². The molecule has 1 aromatic rings. The van der Waals surface area contributed by atoms with E-state index in [2.05, 4.69) is 31.3 Å². The number of fused-ring (bicyclic) bond motifs is 1. The van der Waals surface area contributed by atoms with Crippen LogP contribution in [0.25, 0.3) is 0 Å². The minimum absolute atomic E-state index is 0.0244. The molecule has 1 aliphatic carbocycles. The minimum atomic E-state index is -0.361. The molecule has 0 bridgehead atoms. The van der Waals surface area contributed by atoms with Crippen LogP contribution in [0.15, 0.2) is 24.3 Å². The van der Waals surface area contributed by atoms with Crippen LogP contribution in [0.3, 0.4) is 0 Å². The highest BCUT2D eigenvalue weighted by Gasteiger charge is 2.48. The van der Waals surface area contributed by atoms with E-state index in [0.29, 0.717) is 18.4 Å². The van der Waals surface area contributed by atoms with E-state index >= 15 is 0 Å². The zero-order valence-corrected chi connectivity index (χ0v) is 15.2. The van der Waals surface area contributed by atoms with Gasteiger partial charge in [0.05, 0.1) is 6.54 Å². The van der Waals surface area contributed by atoms with Crippen molar-refractivity contribution in [1.29, 1.82) is 0 Å². The summed E-state index contributed by atoms with van der Waals surface area (Å²) in [6.07, 6.45) is 4.02. The largest absolute Gasteiger partial charge is 0.350 e. The van der Waals surface area contributed by atoms with Gasteiger partial charge in [-0.25, -0.2) is 0 Å². The van der Waals surface area contributed by atoms with Gasteiger partial charge in [0.2, 0.25) is 11.8 Å². The smallest absolute Gasteiger partial charge is 0.243 e. The van der Waals surface area contributed by atoms with E-state index in [1.165, 1.54) is 5.56 Å². The number of benzene rings is 1. The van der Waals surface area contributed by atoms with Gasteiger partial charge in [0.1, 0.15) is 6.04 Å². The number of nitrogens with two attached hydrogens (primary N) is 1. The molecule has 1 saturated carbocycles. The predicted octanol–water partition coefficient (Wildman–Crippen LogP) is 2.15. The fourth-order valence-corrected chi connectivity index (χ4v) is 4.36. The third-order valence-electron chi connectivity index (χ3n) is 5.69. The second kappa shape index (κ2) is 7.56. The number of carbonyl (C=O) groups excluding carboxylic acids is 2. The van der Waals surface area contributed by atoms with Crippen molar-refractivity contribution in [3.8, 4) is 0 Å². The Hall–Kier alpha value is -1.88. The standard InChI is InChI=1S/C20H29N3O2/c1-13(2)15-6-3-5-14(9-15)12-22-20(25)18-10-16-7-4-8-17(16)23(18)19(24)11-21/h3,5-6,9,13,16-18H,4,7-8,10-12,21H2,1-2H3,(H,22,25)/t16-,17-,18-/m0/s1. The molecular formula is C20H29N3O2. The highest BCUT2D eigenvalue weighted by atomic mass is 16.2. The monoisotopic (exact) mass is 343 g/mol. The first-order valence-electron chi connectivity index (χ1n) is 9.39. The molecule has 2 amide bonds. The number of rotatable bonds is 5. The van der Waals surface area contributed by atoms with E-state index in [0.717, 1.165) is 31.2 Å². The minimum Gasteiger partial charge on any atom is -0.350 e. The number of likely N-dealkylation sites (tertiary alicyclic amines) is 1. The quantitative estimate of drug-likeness (QED) is 0.860. The number of carbonyl (C=O) groups is 2. The van der Waals surface area contributed by atoms with Gasteiger partial charge in [-0.15, -0.1) is 0 Å². The summed E-state index contributed by atoms with van der Waals surface area (Å²) < 4.78 is 0. The fourth-order valence-electron chi connectivity index (χ4n) is 4.36. The lowest BCUT2D eigenvalue weighted by Crippen LogP contribution is -2.50. The summed E-state index contributed by atoms with van der Waals surface area (Å²) in [4.78, 5) is 26.8. The first kappa shape index (κ1) is 17.9. The lowest BCUT2D eigenvalue weighted by molar-refractivity contribution is -0.139. The lowest BCUT2D eigenvalue weighted by Gasteiger charge is -2.28. The Balaban J connectivity index is 1.66. The van der Waals surface area contributed by atoms with Crippen LogP contribution < -0.4 is 11.1 Å². The van der Waals surface area contributed by atoms with Gasteiger partial charge in [-0.3, -0.25) is 9.59 Å². The van der Waals surface area contributed by atoms with Gasteiger partial charge in [0.25, 0.3) is 0 Å². The van der Waals surface area contributed by atoms with Gasteiger partial charge < -0.3 is 16.0 Å². The van der Waals surface area contributed by atoms with Gasteiger partial charge >= 0.3 is 0 Å². The average Bonchev–Trinajstić information content (AvgIpc) is 3.20. The number of nitrogens with one attached hydrogen (secondary N) is 1. The molecule has 25 heavy (non-hydrogen) atoms. The maximum Gasteiger partial charge on any atom is 0.243 e. The summed E-state index contributed by atoms with van der Waals surface area (Å²) in [6.45, 7) is 4.79. The van der Waals surface area contributed by atoms with Gasteiger partial charge in [0.15, 0.2) is 0 Å². The van der Waals surface area contributed by atoms with E-state index in [1.54, 1.807) is 4.90 Å². The SMILES string of the molecule is CC(C)c1cccc(CNC(=O)[C@@H]2C[C@@H]3CCC[C@@H]3N2C(=O)CN)c1. The number of nitrogens with zero attached hydrogens (tertiary/aromatic N) is 1. The normalized spacial score (nSPS) is 25.3. The molecule has 1 saturated heterocycles. The van der Waals surface area contributed by atoms with E-state index < -0.39 is 0 Å². The summed E-state index contributed by atoms with van der Waals surface area (Å²) in [5, 5.41) is 3.03. The molecule has 2 fully saturated rings. The van der Waals surface area contributed by atoms with Crippen molar-refractivity contribution < 1.29 is 9.59 Å². The summed E-state index contributed by atoms with van der Waals surface area (Å²) in [5.41, 5.74) is 7.94. The number of amides is 2. The zero-order valence-electron chi connectivity index (χ0n) is 15.2. The average molecular weight is 343 g/mol. The van der Waals surface area contributed by atoms with Crippen molar-refractivity contribution in [2.75, 3.05) is 6.54 Å². The number of hydrogen-bond donors (Lipinski definition) is 2. The molecule has 3 rings (SSSR count). The van der Waals surface area contributed by atoms with E-state index in [9.17, 15) is 9.59 Å². The van der Waals surface area contributed by atoms with E-state index in [4.69, 9.17) is 5.73 Å². The van der Waals surface area contributed by atoms with Crippen molar-refractivity contribution in [2.45, 2.75) is 64.1 Å². The van der Waals surface area contributed by atoms with Gasteiger partial charge in [-0.1, -0.05) is 44.5 Å². The first-order valence-corrected chi connectivity index (χ1v) is 9.39. The second-order valence-electron chi connectivity index (χ2n) is 7.63. The molecular weight excluding hydrogens is 314 g/mol. The topological polar surface area (TPSA) is 75.4 Å². The van der Waals surface area contributed by atoms with Gasteiger partial charge in [0, 0.05) is 12.6 Å². The van der Waals surface area contributed by atoms with Crippen molar-refractivity contribution in [1.82, 2.24) is 10.2 Å². The van der Waals surface area contributed by atoms with Crippen LogP contribution in [-0.4, -0.2) is 35.3 Å². The van der Waals surface area contributed by atoms with Crippen molar-refractivity contribution in [3.05, 3.63) is 35.4 Å². The third kappa shape index (κ3) is 3.71. The highest BCUT2D eigenvalue weighted by Crippen LogP contribution is 2.41. The molecule has 3 atom stereocenters. The van der Waals surface area contributed by atoms with Gasteiger partial charge in [-0.05, 0) is 42.2 Å². The molecule has 1 aliphatic heterocycles. The fraction of sp³-hybridized carbons (Fsp3) is 0.600. The van der Waals surface area contributed by atoms with Gasteiger partial charge in [-0.2, -0.15) is 0 Å². The third-order valence-corrected chi connectivity index (χ3v) is 5.69. The van der Waals surface area contributed by atoms with Crippen molar-refractivity contribution in [3.63, 3.8) is 0 Å². The van der Waals surface area contributed by atoms with Crippen LogP contribution in [0.1, 0.15) is 56.6 Å². The lowest BCUT2D eigenvalue weighted by atomic mass is 10.0. The van der Waals surface area contributed by atoms with E-state index in [-0.39, 0.29) is 30.4 Å². The molecule has 1 heterocycles. The maximum atomic E-state index is 12.8. The molecule has 0 aromatic heterocycles. The molecule has 1 aromatic carbocycles. The van der Waals surface area contributed by atoms with Crippen LogP contribution in [-0.2, 0) is 16.1 Å². The summed E-state index contributed by atoms with van der Waals surface area (Å²) >= 11 is 0. The maximum absolute atomic E-state index is 12.8. The molecule has 5 heteroatoms. The molecule has 136 valence electrons. The Bertz CT molecular complexity index is 644. The number of hydrogen-bond acceptors (Lipinski definition) is 3. The van der Waals surface area contributed by atoms with Crippen LogP contribution in [0.5, 0.6) is 0 Å². The Morgan fingerprint density at radius 2 is 2.12 bits per heavy atom. The van der Waals surface area contributed by atoms with Crippen LogP contribution in [0.4, 0.5) is 0 Å². The van der Waals surface area contributed by atoms with Crippen LogP contribution >= 0.6 is 0 Å². The van der Waals surface area contributed by atoms with Crippen molar-refractivity contribution in [2.24, 2.45) is 11.7 Å². The molecule has 3 N–H and O–H groups in total. The molecule has 5 nitrogen and oxygen atoms in total. The van der Waals surface area contributed by atoms with Crippen LogP contribution in [0, 0.1) is 5.92 Å². The zero-order chi connectivity index (χ0) is 18.0. The molecule has 0 unspecified atom stereocenters. The summed E-state index contributed by atoms with van der Waals surface area (Å²) in [7, 11) is 0. The Labute approximate surface area is 150 Å². The molecule has 2 aliphatic rings. The Morgan fingerprint density at radius 1 is 1.32 bits per heavy atom. The van der Waals surface area contributed by atoms with Crippen molar-refractivity contribution >= 4 is 11.8 Å². The highest BCUT2D eigenvalue weighted by molar-refractivity contribution is 5.89. The molecule has 0 spiro atoms. The molecule has 0 radical (unpaired) electrons. The summed E-state index contributed by atoms with van der Waals surface area (Å²) in [5.74, 6) is 0.764. The van der Waals surface area contributed by atoms with E-state index in [1.807, 2.05) is 12.1 Å². The first-order chi connectivity index (χ1) is 12.0. The predicted molar refractivity (Wildman–Crippen MR) is 97.8 cm³/mol. The second-order valence-corrected chi connectivity index (χ2v) is 7.63.